The third kappa shape index (κ3) is 3.58. The molecule has 94 valence electrons. The summed E-state index contributed by atoms with van der Waals surface area (Å²) in [6.45, 7) is 1.86. The summed E-state index contributed by atoms with van der Waals surface area (Å²) >= 11 is 0. The topological polar surface area (TPSA) is 62.1 Å². The van der Waals surface area contributed by atoms with E-state index in [-0.39, 0.29) is 0 Å². The van der Waals surface area contributed by atoms with Crippen LogP contribution in [0.2, 0.25) is 0 Å². The standard InChI is InChI=1S/C15H12N2O2/c1-11-7-12(10-16)9-13(8-11)17-15(18)19-14-5-3-2-4-6-14/h2-9H,1H3,(H,17,18). The van der Waals surface area contributed by atoms with Crippen molar-refractivity contribution in [3.05, 3.63) is 59.7 Å². The minimum Gasteiger partial charge on any atom is -0.410 e. The van der Waals surface area contributed by atoms with Gasteiger partial charge in [0.1, 0.15) is 5.75 Å². The summed E-state index contributed by atoms with van der Waals surface area (Å²) in [4.78, 5) is 11.7. The molecule has 0 bridgehead atoms. The van der Waals surface area contributed by atoms with E-state index >= 15 is 0 Å². The van der Waals surface area contributed by atoms with Crippen molar-refractivity contribution in [3.63, 3.8) is 0 Å². The molecule has 4 heteroatoms. The minimum absolute atomic E-state index is 0.466. The molecule has 4 nitrogen and oxygen atoms in total. The van der Waals surface area contributed by atoms with Gasteiger partial charge in [0.05, 0.1) is 11.6 Å². The Labute approximate surface area is 111 Å². The van der Waals surface area contributed by atoms with E-state index in [1.54, 1.807) is 42.5 Å². The predicted octanol–water partition coefficient (Wildman–Crippen LogP) is 3.48. The maximum atomic E-state index is 11.7. The van der Waals surface area contributed by atoms with Crippen LogP contribution in [0.5, 0.6) is 5.75 Å². The van der Waals surface area contributed by atoms with Gasteiger partial charge >= 0.3 is 6.09 Å². The van der Waals surface area contributed by atoms with Gasteiger partial charge in [-0.1, -0.05) is 18.2 Å². The number of nitrogens with zero attached hydrogens (tertiary/aromatic N) is 1. The molecule has 0 heterocycles. The highest BCUT2D eigenvalue weighted by Crippen LogP contribution is 2.15. The zero-order chi connectivity index (χ0) is 13.7. The van der Waals surface area contributed by atoms with Crippen molar-refractivity contribution in [1.29, 1.82) is 5.26 Å². The summed E-state index contributed by atoms with van der Waals surface area (Å²) in [6.07, 6.45) is -0.583. The van der Waals surface area contributed by atoms with Crippen LogP contribution in [-0.2, 0) is 0 Å². The van der Waals surface area contributed by atoms with Crippen LogP contribution < -0.4 is 10.1 Å². The van der Waals surface area contributed by atoms with Gasteiger partial charge in [0.25, 0.3) is 0 Å². The normalized spacial score (nSPS) is 9.47. The largest absolute Gasteiger partial charge is 0.417 e. The lowest BCUT2D eigenvalue weighted by atomic mass is 10.1. The lowest BCUT2D eigenvalue weighted by molar-refractivity contribution is 0.215. The molecule has 0 aromatic heterocycles. The SMILES string of the molecule is Cc1cc(C#N)cc(NC(=O)Oc2ccccc2)c1. The van der Waals surface area contributed by atoms with Gasteiger partial charge in [0.2, 0.25) is 0 Å². The Balaban J connectivity index is 2.07. The van der Waals surface area contributed by atoms with Crippen molar-refractivity contribution in [2.45, 2.75) is 6.92 Å². The van der Waals surface area contributed by atoms with Gasteiger partial charge in [-0.3, -0.25) is 5.32 Å². The Morgan fingerprint density at radius 1 is 1.21 bits per heavy atom. The van der Waals surface area contributed by atoms with Crippen molar-refractivity contribution in [3.8, 4) is 11.8 Å². The number of amides is 1. The van der Waals surface area contributed by atoms with E-state index in [1.165, 1.54) is 0 Å². The van der Waals surface area contributed by atoms with Crippen LogP contribution in [-0.4, -0.2) is 6.09 Å². The molecule has 0 aliphatic carbocycles. The summed E-state index contributed by atoms with van der Waals surface area (Å²) in [5.41, 5.74) is 1.93. The summed E-state index contributed by atoms with van der Waals surface area (Å²) in [5, 5.41) is 11.5. The molecule has 0 aliphatic heterocycles. The Hall–Kier alpha value is -2.80. The average Bonchev–Trinajstić information content (AvgIpc) is 2.38. The van der Waals surface area contributed by atoms with Crippen molar-refractivity contribution in [2.24, 2.45) is 0 Å². The van der Waals surface area contributed by atoms with Crippen molar-refractivity contribution in [2.75, 3.05) is 5.32 Å². The maximum absolute atomic E-state index is 11.7. The quantitative estimate of drug-likeness (QED) is 0.890. The van der Waals surface area contributed by atoms with Gasteiger partial charge in [-0.15, -0.1) is 0 Å². The molecule has 0 fully saturated rings. The fourth-order valence-corrected chi connectivity index (χ4v) is 1.66. The molecular weight excluding hydrogens is 240 g/mol. The number of rotatable bonds is 2. The van der Waals surface area contributed by atoms with E-state index in [2.05, 4.69) is 5.32 Å². The lowest BCUT2D eigenvalue weighted by Crippen LogP contribution is -2.16. The lowest BCUT2D eigenvalue weighted by Gasteiger charge is -2.07. The first-order chi connectivity index (χ1) is 9.17. The van der Waals surface area contributed by atoms with Crippen LogP contribution in [0.15, 0.2) is 48.5 Å². The molecule has 0 saturated carbocycles. The van der Waals surface area contributed by atoms with Crippen LogP contribution in [0.25, 0.3) is 0 Å². The summed E-state index contributed by atoms with van der Waals surface area (Å²) in [6, 6.07) is 15.9. The van der Waals surface area contributed by atoms with Gasteiger partial charge in [-0.25, -0.2) is 4.79 Å². The average molecular weight is 252 g/mol. The second kappa shape index (κ2) is 5.69. The molecule has 0 spiro atoms. The summed E-state index contributed by atoms with van der Waals surface area (Å²) in [5.74, 6) is 0.466. The molecular formula is C15H12N2O2. The number of anilines is 1. The van der Waals surface area contributed by atoms with E-state index in [4.69, 9.17) is 10.00 Å². The molecule has 0 radical (unpaired) electrons. The number of benzene rings is 2. The second-order valence-corrected chi connectivity index (χ2v) is 4.03. The van der Waals surface area contributed by atoms with Gasteiger partial charge in [0, 0.05) is 5.69 Å². The number of nitrogens with one attached hydrogen (secondary N) is 1. The summed E-state index contributed by atoms with van der Waals surface area (Å²) < 4.78 is 5.10. The van der Waals surface area contributed by atoms with Gasteiger partial charge < -0.3 is 4.74 Å². The number of nitriles is 1. The van der Waals surface area contributed by atoms with Crippen LogP contribution in [0.1, 0.15) is 11.1 Å². The number of para-hydroxylation sites is 1. The van der Waals surface area contributed by atoms with Crippen LogP contribution in [0.4, 0.5) is 10.5 Å². The minimum atomic E-state index is -0.583. The van der Waals surface area contributed by atoms with Gasteiger partial charge in [0.15, 0.2) is 0 Å². The molecule has 19 heavy (non-hydrogen) atoms. The number of aryl methyl sites for hydroxylation is 1. The zero-order valence-electron chi connectivity index (χ0n) is 10.4. The number of hydrogen-bond donors (Lipinski definition) is 1. The van der Waals surface area contributed by atoms with Gasteiger partial charge in [-0.05, 0) is 42.8 Å². The van der Waals surface area contributed by atoms with Crippen LogP contribution in [0.3, 0.4) is 0 Å². The highest BCUT2D eigenvalue weighted by Gasteiger charge is 2.06. The fourth-order valence-electron chi connectivity index (χ4n) is 1.66. The van der Waals surface area contributed by atoms with Crippen LogP contribution in [0, 0.1) is 18.3 Å². The first kappa shape index (κ1) is 12.7. The van der Waals surface area contributed by atoms with E-state index < -0.39 is 6.09 Å². The van der Waals surface area contributed by atoms with E-state index in [1.807, 2.05) is 19.1 Å². The van der Waals surface area contributed by atoms with Crippen LogP contribution >= 0.6 is 0 Å². The van der Waals surface area contributed by atoms with E-state index in [0.717, 1.165) is 5.56 Å². The highest BCUT2D eigenvalue weighted by atomic mass is 16.6. The Morgan fingerprint density at radius 2 is 1.95 bits per heavy atom. The molecule has 0 unspecified atom stereocenters. The fraction of sp³-hybridized carbons (Fsp3) is 0.0667. The summed E-state index contributed by atoms with van der Waals surface area (Å²) in [7, 11) is 0. The van der Waals surface area contributed by atoms with Gasteiger partial charge in [-0.2, -0.15) is 5.26 Å². The van der Waals surface area contributed by atoms with Crippen molar-refractivity contribution < 1.29 is 9.53 Å². The Kier molecular flexibility index (Phi) is 3.79. The van der Waals surface area contributed by atoms with Crippen molar-refractivity contribution in [1.82, 2.24) is 0 Å². The number of carbonyl (C=O) groups is 1. The molecule has 1 N–H and O–H groups in total. The first-order valence-corrected chi connectivity index (χ1v) is 5.73. The number of hydrogen-bond acceptors (Lipinski definition) is 3. The zero-order valence-corrected chi connectivity index (χ0v) is 10.4. The van der Waals surface area contributed by atoms with E-state index in [0.29, 0.717) is 17.0 Å². The second-order valence-electron chi connectivity index (χ2n) is 4.03. The number of carbonyl (C=O) groups excluding carboxylic acids is 1. The molecule has 2 rings (SSSR count). The monoisotopic (exact) mass is 252 g/mol. The van der Waals surface area contributed by atoms with Crippen molar-refractivity contribution >= 4 is 11.8 Å². The molecule has 0 saturated heterocycles. The third-order valence-corrected chi connectivity index (χ3v) is 2.41. The molecule has 1 amide bonds. The predicted molar refractivity (Wildman–Crippen MR) is 72.0 cm³/mol. The molecule has 2 aromatic carbocycles. The maximum Gasteiger partial charge on any atom is 0.417 e. The Morgan fingerprint density at radius 3 is 2.63 bits per heavy atom. The smallest absolute Gasteiger partial charge is 0.410 e. The molecule has 2 aromatic rings. The molecule has 0 atom stereocenters. The first-order valence-electron chi connectivity index (χ1n) is 5.73. The Bertz CT molecular complexity index is 630. The third-order valence-electron chi connectivity index (χ3n) is 2.41. The highest BCUT2D eigenvalue weighted by molar-refractivity contribution is 5.86. The van der Waals surface area contributed by atoms with E-state index in [9.17, 15) is 4.79 Å². The molecule has 0 aliphatic rings. The number of ether oxygens (including phenoxy) is 1.